The number of amides is 1. The number of hydrogen-bond donors (Lipinski definition) is 3. The van der Waals surface area contributed by atoms with Gasteiger partial charge >= 0.3 is 5.97 Å². The molecule has 1 amide bonds. The van der Waals surface area contributed by atoms with Gasteiger partial charge in [0.1, 0.15) is 0 Å². The molecule has 1 saturated carbocycles. The minimum absolute atomic E-state index is 0.0140. The molecule has 21 heavy (non-hydrogen) atoms. The first kappa shape index (κ1) is 18.0. The Kier molecular flexibility index (Phi) is 6.20. The zero-order valence-corrected chi connectivity index (χ0v) is 13.4. The van der Waals surface area contributed by atoms with E-state index in [1.165, 1.54) is 0 Å². The van der Waals surface area contributed by atoms with Gasteiger partial charge in [-0.15, -0.1) is 0 Å². The number of nitrogens with one attached hydrogen (secondary N) is 1. The normalized spacial score (nSPS) is 20.8. The third kappa shape index (κ3) is 5.65. The summed E-state index contributed by atoms with van der Waals surface area (Å²) in [7, 11) is 0. The van der Waals surface area contributed by atoms with Gasteiger partial charge in [-0.3, -0.25) is 9.59 Å². The third-order valence-electron chi connectivity index (χ3n) is 4.28. The first-order valence-corrected chi connectivity index (χ1v) is 7.89. The molecule has 1 unspecified atom stereocenters. The molecule has 0 aromatic carbocycles. The van der Waals surface area contributed by atoms with E-state index in [1.54, 1.807) is 6.92 Å². The van der Waals surface area contributed by atoms with Crippen LogP contribution in [-0.4, -0.2) is 34.2 Å². The fraction of sp³-hybridized carbons (Fsp3) is 0.875. The van der Waals surface area contributed by atoms with E-state index < -0.39 is 17.0 Å². The Balaban J connectivity index is 2.53. The summed E-state index contributed by atoms with van der Waals surface area (Å²) in [6.07, 6.45) is 4.52. The number of aliphatic hydroxyl groups is 1. The highest BCUT2D eigenvalue weighted by molar-refractivity contribution is 5.85. The van der Waals surface area contributed by atoms with E-state index in [4.69, 9.17) is 0 Å². The summed E-state index contributed by atoms with van der Waals surface area (Å²) in [6, 6.07) is 0. The zero-order valence-electron chi connectivity index (χ0n) is 13.4. The molecule has 122 valence electrons. The van der Waals surface area contributed by atoms with Gasteiger partial charge in [-0.2, -0.15) is 0 Å². The van der Waals surface area contributed by atoms with Crippen LogP contribution in [0.25, 0.3) is 0 Å². The molecule has 1 aliphatic rings. The SMILES string of the molecule is CC(C)CC(C)(O)CNC(=O)CC1(C(=O)O)CCCCC1. The largest absolute Gasteiger partial charge is 0.481 e. The summed E-state index contributed by atoms with van der Waals surface area (Å²) in [5, 5.41) is 22.3. The Hall–Kier alpha value is -1.10. The van der Waals surface area contributed by atoms with Crippen molar-refractivity contribution < 1.29 is 19.8 Å². The number of carboxylic acid groups (broad SMARTS) is 1. The number of hydrogen-bond acceptors (Lipinski definition) is 3. The Labute approximate surface area is 127 Å². The Morgan fingerprint density at radius 3 is 2.29 bits per heavy atom. The van der Waals surface area contributed by atoms with Gasteiger partial charge in [0, 0.05) is 13.0 Å². The van der Waals surface area contributed by atoms with Crippen LogP contribution in [-0.2, 0) is 9.59 Å². The van der Waals surface area contributed by atoms with E-state index in [0.717, 1.165) is 19.3 Å². The molecule has 0 aromatic rings. The maximum absolute atomic E-state index is 12.1. The molecule has 0 aliphatic heterocycles. The van der Waals surface area contributed by atoms with Crippen LogP contribution in [0.3, 0.4) is 0 Å². The van der Waals surface area contributed by atoms with E-state index in [2.05, 4.69) is 5.32 Å². The molecule has 1 aliphatic carbocycles. The molecule has 0 aromatic heterocycles. The standard InChI is InChI=1S/C16H29NO4/c1-12(2)9-15(3,21)11-17-13(18)10-16(14(19)20)7-5-4-6-8-16/h12,21H,4-11H2,1-3H3,(H,17,18)(H,19,20). The van der Waals surface area contributed by atoms with E-state index in [0.29, 0.717) is 25.2 Å². The lowest BCUT2D eigenvalue weighted by Crippen LogP contribution is -2.44. The molecule has 1 rings (SSSR count). The van der Waals surface area contributed by atoms with Crippen molar-refractivity contribution in [2.45, 2.75) is 71.3 Å². The minimum atomic E-state index is -0.952. The second-order valence-corrected chi connectivity index (χ2v) is 7.19. The molecule has 3 N–H and O–H groups in total. The Bertz CT molecular complexity index is 370. The highest BCUT2D eigenvalue weighted by Crippen LogP contribution is 2.39. The van der Waals surface area contributed by atoms with Crippen LogP contribution >= 0.6 is 0 Å². The zero-order chi connectivity index (χ0) is 16.1. The van der Waals surface area contributed by atoms with Crippen molar-refractivity contribution >= 4 is 11.9 Å². The maximum Gasteiger partial charge on any atom is 0.310 e. The van der Waals surface area contributed by atoms with Gasteiger partial charge < -0.3 is 15.5 Å². The van der Waals surface area contributed by atoms with Crippen molar-refractivity contribution in [3.63, 3.8) is 0 Å². The lowest BCUT2D eigenvalue weighted by Gasteiger charge is -2.33. The summed E-state index contributed by atoms with van der Waals surface area (Å²) in [4.78, 5) is 23.6. The van der Waals surface area contributed by atoms with Crippen LogP contribution in [0.4, 0.5) is 0 Å². The van der Waals surface area contributed by atoms with Crippen LogP contribution < -0.4 is 5.32 Å². The van der Waals surface area contributed by atoms with E-state index in [1.807, 2.05) is 13.8 Å². The number of carboxylic acids is 1. The van der Waals surface area contributed by atoms with E-state index >= 15 is 0 Å². The van der Waals surface area contributed by atoms with Crippen LogP contribution in [0.1, 0.15) is 65.7 Å². The highest BCUT2D eigenvalue weighted by Gasteiger charge is 2.41. The smallest absolute Gasteiger partial charge is 0.310 e. The summed E-state index contributed by atoms with van der Waals surface area (Å²) < 4.78 is 0. The molecule has 0 spiro atoms. The minimum Gasteiger partial charge on any atom is -0.481 e. The highest BCUT2D eigenvalue weighted by atomic mass is 16.4. The van der Waals surface area contributed by atoms with Gasteiger partial charge in [-0.25, -0.2) is 0 Å². The summed E-state index contributed by atoms with van der Waals surface area (Å²) in [6.45, 7) is 5.88. The topological polar surface area (TPSA) is 86.6 Å². The molecule has 5 nitrogen and oxygen atoms in total. The average Bonchev–Trinajstić information content (AvgIpc) is 2.36. The fourth-order valence-electron chi connectivity index (χ4n) is 3.31. The molecular weight excluding hydrogens is 270 g/mol. The van der Waals surface area contributed by atoms with Gasteiger partial charge in [0.2, 0.25) is 5.91 Å². The molecule has 0 heterocycles. The molecule has 1 atom stereocenters. The van der Waals surface area contributed by atoms with Gasteiger partial charge in [0.25, 0.3) is 0 Å². The quantitative estimate of drug-likeness (QED) is 0.673. The number of carbonyl (C=O) groups is 2. The average molecular weight is 299 g/mol. The summed E-state index contributed by atoms with van der Waals surface area (Å²) >= 11 is 0. The van der Waals surface area contributed by atoms with Crippen molar-refractivity contribution in [3.8, 4) is 0 Å². The van der Waals surface area contributed by atoms with Gasteiger partial charge in [0.15, 0.2) is 0 Å². The van der Waals surface area contributed by atoms with Gasteiger partial charge in [-0.1, -0.05) is 33.1 Å². The van der Waals surface area contributed by atoms with Crippen molar-refractivity contribution in [2.75, 3.05) is 6.54 Å². The van der Waals surface area contributed by atoms with Crippen molar-refractivity contribution in [3.05, 3.63) is 0 Å². The molecular formula is C16H29NO4. The first-order chi connectivity index (χ1) is 9.67. The lowest BCUT2D eigenvalue weighted by molar-refractivity contribution is -0.154. The maximum atomic E-state index is 12.1. The molecule has 0 bridgehead atoms. The first-order valence-electron chi connectivity index (χ1n) is 7.89. The predicted octanol–water partition coefficient (Wildman–Crippen LogP) is 2.32. The lowest BCUT2D eigenvalue weighted by atomic mass is 9.71. The van der Waals surface area contributed by atoms with Gasteiger partial charge in [0.05, 0.1) is 11.0 Å². The van der Waals surface area contributed by atoms with E-state index in [-0.39, 0.29) is 18.9 Å². The number of aliphatic carboxylic acids is 1. The fourth-order valence-corrected chi connectivity index (χ4v) is 3.31. The van der Waals surface area contributed by atoms with Crippen LogP contribution in [0.2, 0.25) is 0 Å². The summed E-state index contributed by atoms with van der Waals surface area (Å²) in [5.41, 5.74) is -1.86. The second kappa shape index (κ2) is 7.25. The molecule has 0 radical (unpaired) electrons. The Morgan fingerprint density at radius 2 is 1.81 bits per heavy atom. The van der Waals surface area contributed by atoms with Crippen molar-refractivity contribution in [2.24, 2.45) is 11.3 Å². The van der Waals surface area contributed by atoms with Crippen LogP contribution in [0.15, 0.2) is 0 Å². The van der Waals surface area contributed by atoms with Crippen molar-refractivity contribution in [1.82, 2.24) is 5.32 Å². The third-order valence-corrected chi connectivity index (χ3v) is 4.28. The monoisotopic (exact) mass is 299 g/mol. The number of rotatable bonds is 7. The molecule has 1 fully saturated rings. The van der Waals surface area contributed by atoms with Crippen LogP contribution in [0.5, 0.6) is 0 Å². The van der Waals surface area contributed by atoms with Gasteiger partial charge in [-0.05, 0) is 32.1 Å². The van der Waals surface area contributed by atoms with Crippen molar-refractivity contribution in [1.29, 1.82) is 0 Å². The predicted molar refractivity (Wildman–Crippen MR) is 80.9 cm³/mol. The molecule has 0 saturated heterocycles. The van der Waals surface area contributed by atoms with Crippen LogP contribution in [0, 0.1) is 11.3 Å². The number of carbonyl (C=O) groups excluding carboxylic acids is 1. The summed E-state index contributed by atoms with van der Waals surface area (Å²) in [5.74, 6) is -0.810. The second-order valence-electron chi connectivity index (χ2n) is 7.19. The van der Waals surface area contributed by atoms with E-state index in [9.17, 15) is 19.8 Å². The molecule has 5 heteroatoms. The Morgan fingerprint density at radius 1 is 1.24 bits per heavy atom.